The lowest BCUT2D eigenvalue weighted by Crippen LogP contribution is -2.39. The number of aromatic amines is 1. The van der Waals surface area contributed by atoms with Crippen molar-refractivity contribution in [1.82, 2.24) is 10.2 Å². The van der Waals surface area contributed by atoms with Crippen LogP contribution in [0.4, 0.5) is 5.69 Å². The summed E-state index contributed by atoms with van der Waals surface area (Å²) in [7, 11) is 0. The van der Waals surface area contributed by atoms with E-state index in [4.69, 9.17) is 16.3 Å². The summed E-state index contributed by atoms with van der Waals surface area (Å²) in [6.07, 6.45) is 1.52. The van der Waals surface area contributed by atoms with E-state index in [1.54, 1.807) is 6.20 Å². The van der Waals surface area contributed by atoms with Gasteiger partial charge in [-0.2, -0.15) is 5.10 Å². The molecule has 1 aromatic heterocycles. The van der Waals surface area contributed by atoms with Gasteiger partial charge in [-0.3, -0.25) is 4.79 Å². The molecule has 1 aliphatic heterocycles. The largest absolute Gasteiger partial charge is 0.370 e. The van der Waals surface area contributed by atoms with Crippen LogP contribution in [-0.4, -0.2) is 29.9 Å². The van der Waals surface area contributed by atoms with Gasteiger partial charge in [0.05, 0.1) is 18.5 Å². The maximum Gasteiger partial charge on any atom is 0.285 e. The molecule has 0 aliphatic carbocycles. The highest BCUT2D eigenvalue weighted by molar-refractivity contribution is 9.10. The molecule has 1 atom stereocenters. The number of rotatable bonds is 2. The molecule has 0 radical (unpaired) electrons. The quantitative estimate of drug-likeness (QED) is 0.883. The fourth-order valence-corrected chi connectivity index (χ4v) is 2.82. The number of nitrogens with zero attached hydrogens (tertiary/aromatic N) is 2. The first-order chi connectivity index (χ1) is 10.1. The second-order valence-electron chi connectivity index (χ2n) is 4.76. The molecule has 0 bridgehead atoms. The summed E-state index contributed by atoms with van der Waals surface area (Å²) in [5.74, 6) is 0. The lowest BCUT2D eigenvalue weighted by molar-refractivity contribution is 0.0397. The second kappa shape index (κ2) is 6.17. The van der Waals surface area contributed by atoms with Gasteiger partial charge in [0.25, 0.3) is 5.56 Å². The van der Waals surface area contributed by atoms with E-state index >= 15 is 0 Å². The summed E-state index contributed by atoms with van der Waals surface area (Å²) >= 11 is 9.49. The number of hydrogen-bond donors (Lipinski definition) is 1. The van der Waals surface area contributed by atoms with E-state index in [0.29, 0.717) is 25.4 Å². The lowest BCUT2D eigenvalue weighted by atomic mass is 10.1. The first-order valence-electron chi connectivity index (χ1n) is 6.50. The normalized spacial score (nSPS) is 18.8. The lowest BCUT2D eigenvalue weighted by Gasteiger charge is -2.34. The standard InChI is InChI=1S/C14H13BrClN3O2/c15-10-3-1-9(2-4-10)12-8-19(5-6-21-12)11-7-17-18-14(20)13(11)16/h1-4,7,12H,5-6,8H2,(H,18,20). The molecule has 2 heterocycles. The minimum atomic E-state index is -0.374. The molecular weight excluding hydrogens is 358 g/mol. The molecule has 2 aromatic rings. The van der Waals surface area contributed by atoms with Crippen molar-refractivity contribution < 1.29 is 4.74 Å². The Morgan fingerprint density at radius 2 is 2.14 bits per heavy atom. The number of benzene rings is 1. The molecule has 3 rings (SSSR count). The summed E-state index contributed by atoms with van der Waals surface area (Å²) in [6, 6.07) is 8.02. The fourth-order valence-electron chi connectivity index (χ4n) is 2.34. The Kier molecular flexibility index (Phi) is 4.28. The number of H-pyrrole nitrogens is 1. The Morgan fingerprint density at radius 3 is 2.90 bits per heavy atom. The summed E-state index contributed by atoms with van der Waals surface area (Å²) in [5, 5.41) is 6.31. The van der Waals surface area contributed by atoms with Crippen LogP contribution in [0.3, 0.4) is 0 Å². The number of hydrogen-bond acceptors (Lipinski definition) is 4. The molecule has 1 saturated heterocycles. The van der Waals surface area contributed by atoms with Gasteiger partial charge in [-0.05, 0) is 17.7 Å². The Balaban J connectivity index is 1.84. The summed E-state index contributed by atoms with van der Waals surface area (Å²) in [4.78, 5) is 13.6. The molecular formula is C14H13BrClN3O2. The summed E-state index contributed by atoms with van der Waals surface area (Å²) < 4.78 is 6.85. The minimum absolute atomic E-state index is 0.0535. The SMILES string of the molecule is O=c1[nH]ncc(N2CCOC(c3ccc(Br)cc3)C2)c1Cl. The van der Waals surface area contributed by atoms with Crippen LogP contribution < -0.4 is 10.5 Å². The van der Waals surface area contributed by atoms with Gasteiger partial charge in [0.15, 0.2) is 0 Å². The molecule has 7 heteroatoms. The van der Waals surface area contributed by atoms with E-state index in [0.717, 1.165) is 10.0 Å². The van der Waals surface area contributed by atoms with Crippen LogP contribution in [0.5, 0.6) is 0 Å². The van der Waals surface area contributed by atoms with Crippen molar-refractivity contribution in [2.24, 2.45) is 0 Å². The molecule has 0 saturated carbocycles. The predicted molar refractivity (Wildman–Crippen MR) is 84.9 cm³/mol. The number of nitrogens with one attached hydrogen (secondary N) is 1. The van der Waals surface area contributed by atoms with Gasteiger partial charge in [-0.15, -0.1) is 0 Å². The van der Waals surface area contributed by atoms with E-state index in [9.17, 15) is 4.79 Å². The van der Waals surface area contributed by atoms with Crippen molar-refractivity contribution in [3.8, 4) is 0 Å². The van der Waals surface area contributed by atoms with E-state index in [2.05, 4.69) is 26.1 Å². The average Bonchev–Trinajstić information content (AvgIpc) is 2.51. The molecule has 1 fully saturated rings. The van der Waals surface area contributed by atoms with Gasteiger partial charge in [0.2, 0.25) is 0 Å². The minimum Gasteiger partial charge on any atom is -0.370 e. The number of halogens is 2. The smallest absolute Gasteiger partial charge is 0.285 e. The molecule has 110 valence electrons. The van der Waals surface area contributed by atoms with Crippen LogP contribution in [0.25, 0.3) is 0 Å². The van der Waals surface area contributed by atoms with E-state index in [1.165, 1.54) is 0 Å². The van der Waals surface area contributed by atoms with Crippen LogP contribution in [0, 0.1) is 0 Å². The highest BCUT2D eigenvalue weighted by Crippen LogP contribution is 2.28. The molecule has 1 N–H and O–H groups in total. The monoisotopic (exact) mass is 369 g/mol. The Labute approximate surface area is 135 Å². The highest BCUT2D eigenvalue weighted by Gasteiger charge is 2.24. The van der Waals surface area contributed by atoms with Gasteiger partial charge in [0, 0.05) is 17.6 Å². The van der Waals surface area contributed by atoms with E-state index in [-0.39, 0.29) is 16.7 Å². The van der Waals surface area contributed by atoms with Crippen molar-refractivity contribution in [3.05, 3.63) is 55.9 Å². The molecule has 5 nitrogen and oxygen atoms in total. The number of morpholine rings is 1. The van der Waals surface area contributed by atoms with Gasteiger partial charge in [-0.1, -0.05) is 39.7 Å². The van der Waals surface area contributed by atoms with Gasteiger partial charge in [0.1, 0.15) is 11.1 Å². The van der Waals surface area contributed by atoms with Gasteiger partial charge in [-0.25, -0.2) is 5.10 Å². The molecule has 0 amide bonds. The van der Waals surface area contributed by atoms with Crippen LogP contribution in [-0.2, 0) is 4.74 Å². The molecule has 1 aromatic carbocycles. The zero-order chi connectivity index (χ0) is 14.8. The van der Waals surface area contributed by atoms with E-state index in [1.807, 2.05) is 29.2 Å². The van der Waals surface area contributed by atoms with Gasteiger partial charge >= 0.3 is 0 Å². The Bertz CT molecular complexity index is 689. The van der Waals surface area contributed by atoms with Crippen LogP contribution >= 0.6 is 27.5 Å². The van der Waals surface area contributed by atoms with E-state index < -0.39 is 0 Å². The van der Waals surface area contributed by atoms with Crippen molar-refractivity contribution >= 4 is 33.2 Å². The maximum absolute atomic E-state index is 11.6. The maximum atomic E-state index is 11.6. The van der Waals surface area contributed by atoms with Crippen molar-refractivity contribution in [1.29, 1.82) is 0 Å². The molecule has 1 unspecified atom stereocenters. The molecule has 21 heavy (non-hydrogen) atoms. The number of aromatic nitrogens is 2. The van der Waals surface area contributed by atoms with Crippen LogP contribution in [0.1, 0.15) is 11.7 Å². The molecule has 1 aliphatic rings. The zero-order valence-corrected chi connectivity index (χ0v) is 13.4. The third-order valence-electron chi connectivity index (χ3n) is 3.43. The predicted octanol–water partition coefficient (Wildman–Crippen LogP) is 2.76. The average molecular weight is 371 g/mol. The Hall–Kier alpha value is -1.37. The summed E-state index contributed by atoms with van der Waals surface area (Å²) in [6.45, 7) is 1.88. The molecule has 0 spiro atoms. The first-order valence-corrected chi connectivity index (χ1v) is 7.67. The van der Waals surface area contributed by atoms with Crippen molar-refractivity contribution in [2.45, 2.75) is 6.10 Å². The number of anilines is 1. The second-order valence-corrected chi connectivity index (χ2v) is 6.05. The topological polar surface area (TPSA) is 58.2 Å². The first kappa shape index (κ1) is 14.6. The highest BCUT2D eigenvalue weighted by atomic mass is 79.9. The number of ether oxygens (including phenoxy) is 1. The van der Waals surface area contributed by atoms with Crippen molar-refractivity contribution in [2.75, 3.05) is 24.6 Å². The Morgan fingerprint density at radius 1 is 1.38 bits per heavy atom. The summed E-state index contributed by atoms with van der Waals surface area (Å²) in [5.41, 5.74) is 1.36. The van der Waals surface area contributed by atoms with Gasteiger partial charge < -0.3 is 9.64 Å². The fraction of sp³-hybridized carbons (Fsp3) is 0.286. The van der Waals surface area contributed by atoms with Crippen LogP contribution in [0.2, 0.25) is 5.02 Å². The van der Waals surface area contributed by atoms with Crippen molar-refractivity contribution in [3.63, 3.8) is 0 Å². The van der Waals surface area contributed by atoms with Crippen LogP contribution in [0.15, 0.2) is 39.7 Å². The zero-order valence-electron chi connectivity index (χ0n) is 11.1. The third-order valence-corrected chi connectivity index (χ3v) is 4.32. The third kappa shape index (κ3) is 3.12.